The molecule has 0 aliphatic carbocycles. The van der Waals surface area contributed by atoms with Crippen molar-refractivity contribution in [1.29, 1.82) is 0 Å². The van der Waals surface area contributed by atoms with E-state index in [0.29, 0.717) is 0 Å². The highest BCUT2D eigenvalue weighted by molar-refractivity contribution is 6.17. The zero-order chi connectivity index (χ0) is 16.8. The first kappa shape index (κ1) is 20.0. The summed E-state index contributed by atoms with van der Waals surface area (Å²) < 4.78 is 15.6. The molecule has 6 nitrogen and oxygen atoms in total. The molecular formula is C14H26ClNO5. The Hall–Kier alpha value is -1.01. The summed E-state index contributed by atoms with van der Waals surface area (Å²) in [5.74, 6) is -0.674. The molecule has 0 heterocycles. The number of hydrogen-bond donors (Lipinski definition) is 1. The number of amides is 1. The second kappa shape index (κ2) is 7.84. The van der Waals surface area contributed by atoms with Crippen LogP contribution in [0.5, 0.6) is 0 Å². The SMILES string of the molecule is C[C@@H](OC(C)(C)C)[C@H](NC(=O)OC(C)(C)C)C(=O)OCCl. The van der Waals surface area contributed by atoms with Gasteiger partial charge in [-0.25, -0.2) is 9.59 Å². The highest BCUT2D eigenvalue weighted by Crippen LogP contribution is 2.15. The second-order valence-corrected chi connectivity index (χ2v) is 6.85. The van der Waals surface area contributed by atoms with E-state index in [0.717, 1.165) is 0 Å². The number of carbonyl (C=O) groups is 2. The van der Waals surface area contributed by atoms with Crippen molar-refractivity contribution in [2.24, 2.45) is 0 Å². The second-order valence-electron chi connectivity index (χ2n) is 6.63. The molecular weight excluding hydrogens is 298 g/mol. The number of alkyl carbamates (subject to hydrolysis) is 1. The van der Waals surface area contributed by atoms with Crippen molar-refractivity contribution in [3.05, 3.63) is 0 Å². The predicted molar refractivity (Wildman–Crippen MR) is 80.3 cm³/mol. The van der Waals surface area contributed by atoms with E-state index < -0.39 is 35.4 Å². The summed E-state index contributed by atoms with van der Waals surface area (Å²) in [6.07, 6.45) is -1.32. The van der Waals surface area contributed by atoms with Gasteiger partial charge in [-0.2, -0.15) is 0 Å². The van der Waals surface area contributed by atoms with Crippen LogP contribution in [-0.2, 0) is 19.0 Å². The zero-order valence-corrected chi connectivity index (χ0v) is 14.5. The van der Waals surface area contributed by atoms with Crippen molar-refractivity contribution in [3.63, 3.8) is 0 Å². The van der Waals surface area contributed by atoms with Gasteiger partial charge in [0.05, 0.1) is 11.7 Å². The number of ether oxygens (including phenoxy) is 3. The lowest BCUT2D eigenvalue weighted by Gasteiger charge is -2.30. The molecule has 0 aliphatic rings. The molecule has 1 amide bonds. The minimum atomic E-state index is -1.00. The number of alkyl halides is 1. The van der Waals surface area contributed by atoms with Gasteiger partial charge in [0.1, 0.15) is 5.60 Å². The molecule has 0 saturated carbocycles. The van der Waals surface area contributed by atoms with Crippen molar-refractivity contribution in [2.75, 3.05) is 6.07 Å². The molecule has 21 heavy (non-hydrogen) atoms. The molecule has 0 aliphatic heterocycles. The van der Waals surface area contributed by atoms with Crippen LogP contribution in [0.4, 0.5) is 4.79 Å². The zero-order valence-electron chi connectivity index (χ0n) is 13.8. The minimum Gasteiger partial charge on any atom is -0.448 e. The highest BCUT2D eigenvalue weighted by atomic mass is 35.5. The standard InChI is InChI=1S/C14H26ClNO5/c1-9(20-13(2,3)4)10(11(17)19-8-15)16-12(18)21-14(5,6)7/h9-10H,8H2,1-7H3,(H,16,18)/t9-,10+/m1/s1. The molecule has 0 bridgehead atoms. The molecule has 2 atom stereocenters. The van der Waals surface area contributed by atoms with Gasteiger partial charge in [0.15, 0.2) is 12.1 Å². The van der Waals surface area contributed by atoms with E-state index in [4.69, 9.17) is 25.8 Å². The quantitative estimate of drug-likeness (QED) is 0.622. The summed E-state index contributed by atoms with van der Waals surface area (Å²) in [4.78, 5) is 23.7. The molecule has 124 valence electrons. The van der Waals surface area contributed by atoms with E-state index in [1.54, 1.807) is 27.7 Å². The average Bonchev–Trinajstić information content (AvgIpc) is 2.20. The Balaban J connectivity index is 4.90. The van der Waals surface area contributed by atoms with Gasteiger partial charge in [0.25, 0.3) is 0 Å². The number of carbonyl (C=O) groups excluding carboxylic acids is 2. The van der Waals surface area contributed by atoms with E-state index in [1.807, 2.05) is 20.8 Å². The summed E-state index contributed by atoms with van der Waals surface area (Å²) in [5.41, 5.74) is -1.15. The predicted octanol–water partition coefficient (Wildman–Crippen LogP) is 2.82. The Morgan fingerprint density at radius 1 is 1.10 bits per heavy atom. The van der Waals surface area contributed by atoms with Gasteiger partial charge >= 0.3 is 12.1 Å². The van der Waals surface area contributed by atoms with Crippen LogP contribution < -0.4 is 5.32 Å². The van der Waals surface area contributed by atoms with Crippen LogP contribution in [0.3, 0.4) is 0 Å². The molecule has 1 N–H and O–H groups in total. The van der Waals surface area contributed by atoms with Crippen LogP contribution in [0.1, 0.15) is 48.5 Å². The number of esters is 1. The molecule has 0 radical (unpaired) electrons. The molecule has 0 fully saturated rings. The van der Waals surface area contributed by atoms with Gasteiger partial charge in [-0.15, -0.1) is 0 Å². The van der Waals surface area contributed by atoms with Crippen LogP contribution in [0.2, 0.25) is 0 Å². The first-order valence-corrected chi connectivity index (χ1v) is 7.29. The lowest BCUT2D eigenvalue weighted by Crippen LogP contribution is -2.52. The van der Waals surface area contributed by atoms with Crippen LogP contribution in [0.15, 0.2) is 0 Å². The summed E-state index contributed by atoms with van der Waals surface area (Å²) >= 11 is 5.39. The van der Waals surface area contributed by atoms with E-state index in [1.165, 1.54) is 0 Å². The van der Waals surface area contributed by atoms with E-state index in [9.17, 15) is 9.59 Å². The Labute approximate surface area is 131 Å². The molecule has 0 saturated heterocycles. The topological polar surface area (TPSA) is 73.9 Å². The summed E-state index contributed by atoms with van der Waals surface area (Å²) in [6.45, 7) is 12.4. The average molecular weight is 324 g/mol. The monoisotopic (exact) mass is 323 g/mol. The molecule has 0 aromatic carbocycles. The van der Waals surface area contributed by atoms with Crippen LogP contribution in [-0.4, -0.2) is 41.5 Å². The normalized spacial score (nSPS) is 15.0. The van der Waals surface area contributed by atoms with Gasteiger partial charge in [-0.3, -0.25) is 0 Å². The van der Waals surface area contributed by atoms with Crippen molar-refractivity contribution in [2.45, 2.75) is 71.8 Å². The summed E-state index contributed by atoms with van der Waals surface area (Å²) in [5, 5.41) is 2.46. The highest BCUT2D eigenvalue weighted by Gasteiger charge is 2.33. The fourth-order valence-corrected chi connectivity index (χ4v) is 1.68. The lowest BCUT2D eigenvalue weighted by atomic mass is 10.1. The van der Waals surface area contributed by atoms with Gasteiger partial charge in [0.2, 0.25) is 0 Å². The maximum atomic E-state index is 11.9. The number of hydrogen-bond acceptors (Lipinski definition) is 5. The third kappa shape index (κ3) is 9.52. The van der Waals surface area contributed by atoms with E-state index in [2.05, 4.69) is 5.32 Å². The van der Waals surface area contributed by atoms with E-state index >= 15 is 0 Å². The van der Waals surface area contributed by atoms with Gasteiger partial charge < -0.3 is 19.5 Å². The number of halogens is 1. The molecule has 0 rings (SSSR count). The molecule has 0 unspecified atom stereocenters. The third-order valence-electron chi connectivity index (χ3n) is 2.13. The Kier molecular flexibility index (Phi) is 7.47. The van der Waals surface area contributed by atoms with Gasteiger partial charge in [-0.05, 0) is 48.5 Å². The van der Waals surface area contributed by atoms with Crippen LogP contribution in [0.25, 0.3) is 0 Å². The maximum absolute atomic E-state index is 11.9. The molecule has 0 spiro atoms. The molecule has 0 aromatic heterocycles. The Morgan fingerprint density at radius 3 is 2.00 bits per heavy atom. The minimum absolute atomic E-state index is 0.298. The van der Waals surface area contributed by atoms with Crippen LogP contribution >= 0.6 is 11.6 Å². The van der Waals surface area contributed by atoms with Crippen molar-refractivity contribution >= 4 is 23.7 Å². The number of nitrogens with one attached hydrogen (secondary N) is 1. The number of rotatable bonds is 5. The first-order chi connectivity index (χ1) is 9.35. The fraction of sp³-hybridized carbons (Fsp3) is 0.857. The first-order valence-electron chi connectivity index (χ1n) is 6.75. The van der Waals surface area contributed by atoms with Crippen molar-refractivity contribution in [3.8, 4) is 0 Å². The summed E-state index contributed by atoms with van der Waals surface area (Å²) in [6, 6.07) is -1.30. The molecule has 7 heteroatoms. The van der Waals surface area contributed by atoms with E-state index in [-0.39, 0.29) is 6.07 Å². The third-order valence-corrected chi connectivity index (χ3v) is 2.24. The Bertz CT molecular complexity index is 359. The maximum Gasteiger partial charge on any atom is 0.408 e. The lowest BCUT2D eigenvalue weighted by molar-refractivity contribution is -0.151. The van der Waals surface area contributed by atoms with Crippen molar-refractivity contribution < 1.29 is 23.8 Å². The van der Waals surface area contributed by atoms with Crippen LogP contribution in [0, 0.1) is 0 Å². The smallest absolute Gasteiger partial charge is 0.408 e. The van der Waals surface area contributed by atoms with Crippen molar-refractivity contribution in [1.82, 2.24) is 5.32 Å². The summed E-state index contributed by atoms with van der Waals surface area (Å²) in [7, 11) is 0. The largest absolute Gasteiger partial charge is 0.448 e. The van der Waals surface area contributed by atoms with Gasteiger partial charge in [0, 0.05) is 0 Å². The fourth-order valence-electron chi connectivity index (χ4n) is 1.57. The van der Waals surface area contributed by atoms with Gasteiger partial charge in [-0.1, -0.05) is 11.6 Å². The molecule has 0 aromatic rings. The Morgan fingerprint density at radius 2 is 1.62 bits per heavy atom.